The van der Waals surface area contributed by atoms with Crippen LogP contribution < -0.4 is 4.74 Å². The van der Waals surface area contributed by atoms with Crippen molar-refractivity contribution in [3.63, 3.8) is 0 Å². The summed E-state index contributed by atoms with van der Waals surface area (Å²) in [5.74, 6) is -0.610. The predicted molar refractivity (Wildman–Crippen MR) is 99.1 cm³/mol. The van der Waals surface area contributed by atoms with Gasteiger partial charge in [0.2, 0.25) is 0 Å². The highest BCUT2D eigenvalue weighted by atomic mass is 16.5. The van der Waals surface area contributed by atoms with Crippen LogP contribution in [0.4, 0.5) is 0 Å². The van der Waals surface area contributed by atoms with Crippen molar-refractivity contribution < 1.29 is 28.7 Å². The molecule has 8 nitrogen and oxygen atoms in total. The maximum Gasteiger partial charge on any atom is 0.341 e. The number of carboxylic acids is 1. The molecule has 1 aliphatic rings. The first-order valence-electron chi connectivity index (χ1n) is 9.30. The van der Waals surface area contributed by atoms with E-state index in [0.29, 0.717) is 29.4 Å². The molecule has 0 unspecified atom stereocenters. The molecule has 0 aliphatic heterocycles. The smallest absolute Gasteiger partial charge is 0.341 e. The highest BCUT2D eigenvalue weighted by Gasteiger charge is 2.32. The highest BCUT2D eigenvalue weighted by Crippen LogP contribution is 2.32. The number of nitrogens with zero attached hydrogens (tertiary/aromatic N) is 2. The maximum absolute atomic E-state index is 12.0. The van der Waals surface area contributed by atoms with Crippen molar-refractivity contribution in [2.75, 3.05) is 13.7 Å². The first kappa shape index (κ1) is 19.9. The number of carbonyl (C=O) groups excluding carboxylic acids is 1. The molecule has 2 atom stereocenters. The fourth-order valence-electron chi connectivity index (χ4n) is 3.69. The number of aryl methyl sites for hydroxylation is 2. The Kier molecular flexibility index (Phi) is 5.96. The number of aromatic nitrogens is 2. The van der Waals surface area contributed by atoms with Gasteiger partial charge in [0, 0.05) is 5.92 Å². The number of hydrogen-bond acceptors (Lipinski definition) is 7. The molecule has 8 heteroatoms. The van der Waals surface area contributed by atoms with Crippen molar-refractivity contribution in [2.24, 2.45) is 11.8 Å². The Bertz CT molecular complexity index is 876. The number of pyridine rings is 1. The lowest BCUT2D eigenvalue weighted by Gasteiger charge is -2.29. The molecule has 2 aromatic heterocycles. The standard InChI is InChI=1S/C20H24N2O6/c1-11-16(27-10-13-6-4-5-7-14(13)20(25)26-3)9-8-15(21-11)18-17(19(23)24)12(2)22-28-18/h8-9,13-14H,4-7,10H2,1-3H3,(H,23,24)/t13-,14+/m1/s1. The quantitative estimate of drug-likeness (QED) is 0.749. The molecule has 1 saturated carbocycles. The second-order valence-corrected chi connectivity index (χ2v) is 7.04. The zero-order chi connectivity index (χ0) is 20.3. The Morgan fingerprint density at radius 2 is 1.96 bits per heavy atom. The van der Waals surface area contributed by atoms with Gasteiger partial charge in [0.05, 0.1) is 31.0 Å². The molecule has 0 radical (unpaired) electrons. The van der Waals surface area contributed by atoms with Crippen molar-refractivity contribution in [1.82, 2.24) is 10.1 Å². The molecule has 0 amide bonds. The van der Waals surface area contributed by atoms with Gasteiger partial charge < -0.3 is 19.1 Å². The molecule has 0 saturated heterocycles. The third-order valence-corrected chi connectivity index (χ3v) is 5.21. The number of hydrogen-bond donors (Lipinski definition) is 1. The van der Waals surface area contributed by atoms with Crippen molar-refractivity contribution in [3.8, 4) is 17.2 Å². The van der Waals surface area contributed by atoms with Crippen LogP contribution in [0.15, 0.2) is 16.7 Å². The van der Waals surface area contributed by atoms with E-state index in [0.717, 1.165) is 25.7 Å². The van der Waals surface area contributed by atoms with Gasteiger partial charge in [0.15, 0.2) is 5.76 Å². The number of ether oxygens (including phenoxy) is 2. The third-order valence-electron chi connectivity index (χ3n) is 5.21. The summed E-state index contributed by atoms with van der Waals surface area (Å²) in [7, 11) is 1.41. The number of aromatic carboxylic acids is 1. The van der Waals surface area contributed by atoms with Crippen LogP contribution in [0.25, 0.3) is 11.5 Å². The van der Waals surface area contributed by atoms with Gasteiger partial charge in [-0.05, 0) is 38.8 Å². The van der Waals surface area contributed by atoms with Crippen molar-refractivity contribution >= 4 is 11.9 Å². The minimum atomic E-state index is -1.11. The molecule has 3 rings (SSSR count). The molecule has 0 spiro atoms. The number of carbonyl (C=O) groups is 2. The molecule has 0 bridgehead atoms. The summed E-state index contributed by atoms with van der Waals surface area (Å²) in [6.07, 6.45) is 3.83. The first-order valence-corrected chi connectivity index (χ1v) is 9.30. The van der Waals surface area contributed by atoms with E-state index >= 15 is 0 Å². The number of esters is 1. The van der Waals surface area contributed by atoms with Crippen molar-refractivity contribution in [2.45, 2.75) is 39.5 Å². The Morgan fingerprint density at radius 3 is 2.64 bits per heavy atom. The molecule has 1 fully saturated rings. The first-order chi connectivity index (χ1) is 13.4. The second kappa shape index (κ2) is 8.41. The zero-order valence-electron chi connectivity index (χ0n) is 16.2. The van der Waals surface area contributed by atoms with Crippen LogP contribution in [-0.4, -0.2) is 40.9 Å². The fraction of sp³-hybridized carbons (Fsp3) is 0.500. The summed E-state index contributed by atoms with van der Waals surface area (Å²) < 4.78 is 16.0. The number of carboxylic acid groups (broad SMARTS) is 1. The molecule has 0 aromatic carbocycles. The maximum atomic E-state index is 12.0. The summed E-state index contributed by atoms with van der Waals surface area (Å²) >= 11 is 0. The molecule has 1 aliphatic carbocycles. The highest BCUT2D eigenvalue weighted by molar-refractivity contribution is 5.94. The van der Waals surface area contributed by atoms with E-state index in [2.05, 4.69) is 10.1 Å². The molecule has 150 valence electrons. The predicted octanol–water partition coefficient (Wildman–Crippen LogP) is 3.41. The van der Waals surface area contributed by atoms with Gasteiger partial charge in [-0.25, -0.2) is 9.78 Å². The SMILES string of the molecule is COC(=O)[C@H]1CCCC[C@@H]1COc1ccc(-c2onc(C)c2C(=O)O)nc1C. The van der Waals surface area contributed by atoms with Crippen LogP contribution in [-0.2, 0) is 9.53 Å². The van der Waals surface area contributed by atoms with Crippen LogP contribution in [0.2, 0.25) is 0 Å². The fourth-order valence-corrected chi connectivity index (χ4v) is 3.69. The topological polar surface area (TPSA) is 112 Å². The van der Waals surface area contributed by atoms with Crippen LogP contribution in [0.5, 0.6) is 5.75 Å². The molecule has 2 heterocycles. The van der Waals surface area contributed by atoms with E-state index in [1.807, 2.05) is 0 Å². The summed E-state index contributed by atoms with van der Waals surface area (Å²) in [4.78, 5) is 27.8. The van der Waals surface area contributed by atoms with Gasteiger partial charge in [-0.3, -0.25) is 4.79 Å². The van der Waals surface area contributed by atoms with Crippen LogP contribution >= 0.6 is 0 Å². The van der Waals surface area contributed by atoms with Gasteiger partial charge >= 0.3 is 11.9 Å². The summed E-state index contributed by atoms with van der Waals surface area (Å²) in [5.41, 5.74) is 1.29. The van der Waals surface area contributed by atoms with E-state index < -0.39 is 5.97 Å². The summed E-state index contributed by atoms with van der Waals surface area (Å²) in [6, 6.07) is 3.38. The van der Waals surface area contributed by atoms with Gasteiger partial charge in [0.1, 0.15) is 17.0 Å². The molecule has 2 aromatic rings. The Hall–Kier alpha value is -2.90. The van der Waals surface area contributed by atoms with Gasteiger partial charge in [0.25, 0.3) is 0 Å². The Labute approximate surface area is 162 Å². The van der Waals surface area contributed by atoms with Gasteiger partial charge in [-0.1, -0.05) is 18.0 Å². The van der Waals surface area contributed by atoms with E-state index in [1.165, 1.54) is 7.11 Å². The van der Waals surface area contributed by atoms with E-state index in [9.17, 15) is 14.7 Å². The lowest BCUT2D eigenvalue weighted by atomic mass is 9.80. The minimum Gasteiger partial charge on any atom is -0.491 e. The normalized spacial score (nSPS) is 19.2. The van der Waals surface area contributed by atoms with E-state index in [1.54, 1.807) is 26.0 Å². The van der Waals surface area contributed by atoms with Gasteiger partial charge in [-0.15, -0.1) is 0 Å². The van der Waals surface area contributed by atoms with Crippen LogP contribution in [0.1, 0.15) is 47.4 Å². The minimum absolute atomic E-state index is 0.00342. The van der Waals surface area contributed by atoms with Gasteiger partial charge in [-0.2, -0.15) is 0 Å². The zero-order valence-corrected chi connectivity index (χ0v) is 16.2. The number of methoxy groups -OCH3 is 1. The molecule has 28 heavy (non-hydrogen) atoms. The Morgan fingerprint density at radius 1 is 1.21 bits per heavy atom. The third kappa shape index (κ3) is 4.00. The van der Waals surface area contributed by atoms with E-state index in [4.69, 9.17) is 14.0 Å². The van der Waals surface area contributed by atoms with Crippen LogP contribution in [0.3, 0.4) is 0 Å². The van der Waals surface area contributed by atoms with Crippen molar-refractivity contribution in [3.05, 3.63) is 29.1 Å². The second-order valence-electron chi connectivity index (χ2n) is 7.04. The molecular formula is C20H24N2O6. The lowest BCUT2D eigenvalue weighted by molar-refractivity contribution is -0.149. The monoisotopic (exact) mass is 388 g/mol. The summed E-state index contributed by atoms with van der Waals surface area (Å²) in [5, 5.41) is 13.1. The molecule has 1 N–H and O–H groups in total. The largest absolute Gasteiger partial charge is 0.491 e. The summed E-state index contributed by atoms with van der Waals surface area (Å²) in [6.45, 7) is 3.76. The average Bonchev–Trinajstić information content (AvgIpc) is 3.08. The Balaban J connectivity index is 1.75. The van der Waals surface area contributed by atoms with E-state index in [-0.39, 0.29) is 29.1 Å². The number of rotatable bonds is 6. The molecular weight excluding hydrogens is 364 g/mol. The average molecular weight is 388 g/mol. The van der Waals surface area contributed by atoms with Crippen molar-refractivity contribution in [1.29, 1.82) is 0 Å². The van der Waals surface area contributed by atoms with Crippen LogP contribution in [0, 0.1) is 25.7 Å². The lowest BCUT2D eigenvalue weighted by Crippen LogP contribution is -2.32.